The van der Waals surface area contributed by atoms with Crippen molar-refractivity contribution in [3.63, 3.8) is 0 Å². The molecule has 2 nitrogen and oxygen atoms in total. The van der Waals surface area contributed by atoms with Crippen LogP contribution in [-0.4, -0.2) is 35.1 Å². The number of fused-ring (bicyclic) bond motifs is 1. The van der Waals surface area contributed by atoms with Gasteiger partial charge in [-0.3, -0.25) is 4.90 Å². The monoisotopic (exact) mass is 267 g/mol. The van der Waals surface area contributed by atoms with Gasteiger partial charge < -0.3 is 5.11 Å². The van der Waals surface area contributed by atoms with E-state index >= 15 is 0 Å². The fraction of sp³-hybridized carbons (Fsp3) is 0.600. The van der Waals surface area contributed by atoms with E-state index in [1.807, 2.05) is 30.3 Å². The average Bonchev–Trinajstić information content (AvgIpc) is 2.81. The Morgan fingerprint density at radius 3 is 2.63 bits per heavy atom. The maximum absolute atomic E-state index is 13.4. The summed E-state index contributed by atoms with van der Waals surface area (Å²) in [7, 11) is 0. The highest BCUT2D eigenvalue weighted by Gasteiger charge is 2.54. The second-order valence-electron chi connectivity index (χ2n) is 5.85. The molecule has 1 aliphatic heterocycles. The highest BCUT2D eigenvalue weighted by molar-refractivity contribution is 5.15. The quantitative estimate of drug-likeness (QED) is 0.909. The number of hydrogen-bond acceptors (Lipinski definition) is 2. The minimum atomic E-state index is -2.53. The molecule has 4 heteroatoms. The first-order valence-corrected chi connectivity index (χ1v) is 6.86. The first-order valence-electron chi connectivity index (χ1n) is 6.86. The van der Waals surface area contributed by atoms with E-state index in [2.05, 4.69) is 4.90 Å². The summed E-state index contributed by atoms with van der Waals surface area (Å²) in [6.45, 7) is 1.40. The van der Waals surface area contributed by atoms with Crippen molar-refractivity contribution in [2.45, 2.75) is 31.4 Å². The Hall–Kier alpha value is -1.00. The molecule has 3 rings (SSSR count). The van der Waals surface area contributed by atoms with Gasteiger partial charge in [0.05, 0.1) is 6.61 Å². The zero-order valence-electron chi connectivity index (χ0n) is 10.8. The number of likely N-dealkylation sites (tertiary alicyclic amines) is 1. The first-order chi connectivity index (χ1) is 9.09. The molecule has 0 radical (unpaired) electrons. The van der Waals surface area contributed by atoms with Gasteiger partial charge in [-0.05, 0) is 17.4 Å². The topological polar surface area (TPSA) is 23.5 Å². The number of hydrogen-bond donors (Lipinski definition) is 1. The third kappa shape index (κ3) is 2.51. The molecular weight excluding hydrogens is 248 g/mol. The highest BCUT2D eigenvalue weighted by atomic mass is 19.3. The van der Waals surface area contributed by atoms with Crippen molar-refractivity contribution in [1.29, 1.82) is 0 Å². The van der Waals surface area contributed by atoms with Gasteiger partial charge in [-0.1, -0.05) is 30.3 Å². The lowest BCUT2D eigenvalue weighted by Crippen LogP contribution is -2.36. The molecular formula is C15H19F2NO. The van der Waals surface area contributed by atoms with Crippen molar-refractivity contribution in [2.24, 2.45) is 11.8 Å². The van der Waals surface area contributed by atoms with Crippen LogP contribution in [0.5, 0.6) is 0 Å². The summed E-state index contributed by atoms with van der Waals surface area (Å²) >= 11 is 0. The Morgan fingerprint density at radius 2 is 1.95 bits per heavy atom. The van der Waals surface area contributed by atoms with E-state index < -0.39 is 5.92 Å². The zero-order chi connectivity index (χ0) is 13.5. The summed E-state index contributed by atoms with van der Waals surface area (Å²) in [6, 6.07) is 9.89. The normalized spacial score (nSPS) is 33.5. The maximum Gasteiger partial charge on any atom is 0.248 e. The van der Waals surface area contributed by atoms with Crippen molar-refractivity contribution in [1.82, 2.24) is 4.90 Å². The largest absolute Gasteiger partial charge is 0.395 e. The summed E-state index contributed by atoms with van der Waals surface area (Å²) in [4.78, 5) is 2.17. The first kappa shape index (κ1) is 13.0. The van der Waals surface area contributed by atoms with Crippen LogP contribution in [0, 0.1) is 11.8 Å². The molecule has 19 heavy (non-hydrogen) atoms. The molecule has 3 atom stereocenters. The van der Waals surface area contributed by atoms with Crippen LogP contribution in [0.4, 0.5) is 8.78 Å². The van der Waals surface area contributed by atoms with E-state index in [0.29, 0.717) is 6.54 Å². The molecule has 1 N–H and O–H groups in total. The molecule has 1 aromatic carbocycles. The molecule has 0 spiro atoms. The van der Waals surface area contributed by atoms with Crippen LogP contribution in [0.3, 0.4) is 0 Å². The number of aliphatic hydroxyl groups excluding tert-OH is 1. The van der Waals surface area contributed by atoms with Gasteiger partial charge in [0.2, 0.25) is 5.92 Å². The highest BCUT2D eigenvalue weighted by Crippen LogP contribution is 2.49. The molecule has 1 heterocycles. The van der Waals surface area contributed by atoms with Crippen LogP contribution in [0.1, 0.15) is 18.4 Å². The predicted molar refractivity (Wildman–Crippen MR) is 68.9 cm³/mol. The minimum absolute atomic E-state index is 0.0144. The third-order valence-electron chi connectivity index (χ3n) is 4.55. The summed E-state index contributed by atoms with van der Waals surface area (Å²) < 4.78 is 26.9. The van der Waals surface area contributed by atoms with E-state index in [1.54, 1.807) is 0 Å². The predicted octanol–water partition coefficient (Wildman–Crippen LogP) is 2.52. The van der Waals surface area contributed by atoms with Gasteiger partial charge in [-0.2, -0.15) is 0 Å². The summed E-state index contributed by atoms with van der Waals surface area (Å²) in [5.74, 6) is -2.54. The molecule has 2 fully saturated rings. The van der Waals surface area contributed by atoms with Crippen LogP contribution in [0.15, 0.2) is 30.3 Å². The lowest BCUT2D eigenvalue weighted by molar-refractivity contribution is -0.00999. The van der Waals surface area contributed by atoms with Crippen molar-refractivity contribution < 1.29 is 13.9 Å². The second kappa shape index (κ2) is 4.84. The molecule has 1 aliphatic carbocycles. The summed E-state index contributed by atoms with van der Waals surface area (Å²) in [6.07, 6.45) is -0.0758. The molecule has 1 aromatic rings. The van der Waals surface area contributed by atoms with Crippen LogP contribution < -0.4 is 0 Å². The van der Waals surface area contributed by atoms with Gasteiger partial charge >= 0.3 is 0 Å². The van der Waals surface area contributed by atoms with E-state index in [9.17, 15) is 13.9 Å². The zero-order valence-corrected chi connectivity index (χ0v) is 10.8. The smallest absolute Gasteiger partial charge is 0.248 e. The number of nitrogens with zero attached hydrogens (tertiary/aromatic N) is 1. The fourth-order valence-corrected chi connectivity index (χ4v) is 3.74. The van der Waals surface area contributed by atoms with Gasteiger partial charge in [0.25, 0.3) is 0 Å². The van der Waals surface area contributed by atoms with Crippen molar-refractivity contribution in [3.8, 4) is 0 Å². The maximum atomic E-state index is 13.4. The molecule has 3 unspecified atom stereocenters. The Bertz CT molecular complexity index is 437. The third-order valence-corrected chi connectivity index (χ3v) is 4.55. The van der Waals surface area contributed by atoms with E-state index in [4.69, 9.17) is 0 Å². The number of alkyl halides is 2. The van der Waals surface area contributed by atoms with E-state index in [0.717, 1.165) is 6.54 Å². The van der Waals surface area contributed by atoms with Crippen LogP contribution in [-0.2, 0) is 6.54 Å². The molecule has 104 valence electrons. The van der Waals surface area contributed by atoms with E-state index in [1.165, 1.54) is 5.56 Å². The Morgan fingerprint density at radius 1 is 1.21 bits per heavy atom. The number of aliphatic hydroxyl groups is 1. The second-order valence-corrected chi connectivity index (χ2v) is 5.85. The van der Waals surface area contributed by atoms with E-state index in [-0.39, 0.29) is 37.3 Å². The van der Waals surface area contributed by atoms with Gasteiger partial charge in [-0.15, -0.1) is 0 Å². The number of benzene rings is 1. The van der Waals surface area contributed by atoms with Gasteiger partial charge in [0.15, 0.2) is 0 Å². The molecule has 0 amide bonds. The molecule has 0 bridgehead atoms. The van der Waals surface area contributed by atoms with Gasteiger partial charge in [0.1, 0.15) is 0 Å². The average molecular weight is 267 g/mol. The summed E-state index contributed by atoms with van der Waals surface area (Å²) in [5.41, 5.74) is 1.17. The molecule has 0 aromatic heterocycles. The fourth-order valence-electron chi connectivity index (χ4n) is 3.74. The Balaban J connectivity index is 1.72. The van der Waals surface area contributed by atoms with Crippen molar-refractivity contribution >= 4 is 0 Å². The van der Waals surface area contributed by atoms with Crippen LogP contribution >= 0.6 is 0 Å². The summed E-state index contributed by atoms with van der Waals surface area (Å²) in [5, 5.41) is 9.55. The van der Waals surface area contributed by atoms with Gasteiger partial charge in [-0.25, -0.2) is 8.78 Å². The van der Waals surface area contributed by atoms with Crippen LogP contribution in [0.25, 0.3) is 0 Å². The lowest BCUT2D eigenvalue weighted by atomic mass is 9.94. The standard InChI is InChI=1S/C15H19F2NO/c16-15(17)6-12-9-18(14(10-19)13(12)7-15)8-11-4-2-1-3-5-11/h1-5,12-14,19H,6-10H2. The number of rotatable bonds is 3. The SMILES string of the molecule is OCC1C2CC(F)(F)CC2CN1Cc1ccccc1. The Labute approximate surface area is 112 Å². The Kier molecular flexibility index (Phi) is 3.31. The molecule has 2 aliphatic rings. The number of halogens is 2. The van der Waals surface area contributed by atoms with Crippen LogP contribution in [0.2, 0.25) is 0 Å². The molecule has 1 saturated carbocycles. The van der Waals surface area contributed by atoms with Crippen molar-refractivity contribution in [2.75, 3.05) is 13.2 Å². The van der Waals surface area contributed by atoms with Gasteiger partial charge in [0, 0.05) is 32.0 Å². The lowest BCUT2D eigenvalue weighted by Gasteiger charge is -2.27. The minimum Gasteiger partial charge on any atom is -0.395 e. The molecule has 1 saturated heterocycles. The van der Waals surface area contributed by atoms with Crippen molar-refractivity contribution in [3.05, 3.63) is 35.9 Å².